The van der Waals surface area contributed by atoms with E-state index in [1.807, 2.05) is 22.5 Å². The molecule has 1 amide bonds. The number of hydrogen-bond donors (Lipinski definition) is 1. The number of carbonyl (C=O) groups excluding carboxylic acids is 1. The smallest absolute Gasteiger partial charge is 0.335 e. The lowest BCUT2D eigenvalue weighted by molar-refractivity contribution is -0.130. The molecule has 0 radical (unpaired) electrons. The maximum absolute atomic E-state index is 15.7. The van der Waals surface area contributed by atoms with Gasteiger partial charge in [-0.15, -0.1) is 0 Å². The van der Waals surface area contributed by atoms with Crippen LogP contribution in [0.2, 0.25) is 0 Å². The van der Waals surface area contributed by atoms with Crippen molar-refractivity contribution in [3.8, 4) is 17.1 Å². The number of carboxylic acids is 1. The van der Waals surface area contributed by atoms with Gasteiger partial charge >= 0.3 is 5.97 Å². The average molecular weight is 625 g/mol. The molecule has 1 aliphatic rings. The number of carbonyl (C=O) groups is 2. The van der Waals surface area contributed by atoms with Crippen molar-refractivity contribution in [3.05, 3.63) is 113 Å². The quantitative estimate of drug-likeness (QED) is 0.194. The number of hydrogen-bond acceptors (Lipinski definition) is 5. The van der Waals surface area contributed by atoms with E-state index >= 15 is 4.39 Å². The summed E-state index contributed by atoms with van der Waals surface area (Å²) >= 11 is 0. The number of fused-ring (bicyclic) bond motifs is 1. The summed E-state index contributed by atoms with van der Waals surface area (Å²) in [5, 5.41) is 9.62. The van der Waals surface area contributed by atoms with E-state index in [4.69, 9.17) is 9.72 Å². The fourth-order valence-corrected chi connectivity index (χ4v) is 6.00. The molecule has 5 aromatic rings. The van der Waals surface area contributed by atoms with Gasteiger partial charge in [0.2, 0.25) is 11.8 Å². The first-order valence-electron chi connectivity index (χ1n) is 15.3. The second-order valence-corrected chi connectivity index (χ2v) is 11.8. The van der Waals surface area contributed by atoms with Gasteiger partial charge in [-0.25, -0.2) is 23.5 Å². The number of aryl methyl sites for hydroxylation is 1. The maximum Gasteiger partial charge on any atom is 0.335 e. The Morgan fingerprint density at radius 1 is 0.978 bits per heavy atom. The highest BCUT2D eigenvalue weighted by Crippen LogP contribution is 2.28. The molecule has 0 aliphatic carbocycles. The molecule has 1 aliphatic heterocycles. The van der Waals surface area contributed by atoms with Crippen molar-refractivity contribution in [2.45, 2.75) is 46.3 Å². The van der Waals surface area contributed by atoms with Gasteiger partial charge in [0.05, 0.1) is 22.3 Å². The number of pyridine rings is 1. The van der Waals surface area contributed by atoms with Gasteiger partial charge in [-0.2, -0.15) is 0 Å². The number of nitrogens with zero attached hydrogens (tertiary/aromatic N) is 4. The molecule has 0 unspecified atom stereocenters. The Balaban J connectivity index is 1.25. The number of ether oxygens (including phenoxy) is 1. The number of aromatic carboxylic acids is 1. The van der Waals surface area contributed by atoms with Gasteiger partial charge in [-0.3, -0.25) is 4.79 Å². The van der Waals surface area contributed by atoms with Crippen LogP contribution in [0.25, 0.3) is 22.3 Å². The molecule has 46 heavy (non-hydrogen) atoms. The number of benzene rings is 3. The molecule has 3 heterocycles. The number of amides is 1. The van der Waals surface area contributed by atoms with Crippen LogP contribution in [0.3, 0.4) is 0 Å². The summed E-state index contributed by atoms with van der Waals surface area (Å²) in [5.74, 6) is -0.730. The number of piperidine rings is 1. The topological polar surface area (TPSA) is 97.5 Å². The summed E-state index contributed by atoms with van der Waals surface area (Å²) in [4.78, 5) is 34.9. The van der Waals surface area contributed by atoms with Gasteiger partial charge in [0.1, 0.15) is 24.1 Å². The number of likely N-dealkylation sites (tertiary alicyclic amines) is 1. The van der Waals surface area contributed by atoms with Gasteiger partial charge in [-0.1, -0.05) is 30.3 Å². The first kappa shape index (κ1) is 30.9. The first-order chi connectivity index (χ1) is 22.1. The van der Waals surface area contributed by atoms with Crippen LogP contribution in [0.1, 0.15) is 52.6 Å². The third kappa shape index (κ3) is 6.75. The van der Waals surface area contributed by atoms with Crippen molar-refractivity contribution < 1.29 is 28.2 Å². The predicted molar refractivity (Wildman–Crippen MR) is 170 cm³/mol. The van der Waals surface area contributed by atoms with E-state index in [0.29, 0.717) is 58.2 Å². The lowest BCUT2D eigenvalue weighted by atomic mass is 9.97. The van der Waals surface area contributed by atoms with E-state index in [2.05, 4.69) is 4.98 Å². The molecular formula is C36H34F2N4O4. The fourth-order valence-electron chi connectivity index (χ4n) is 6.00. The molecule has 0 spiro atoms. The van der Waals surface area contributed by atoms with Crippen molar-refractivity contribution in [2.75, 3.05) is 13.1 Å². The second kappa shape index (κ2) is 13.1. The maximum atomic E-state index is 15.7. The van der Waals surface area contributed by atoms with Crippen LogP contribution in [0, 0.1) is 24.5 Å². The van der Waals surface area contributed by atoms with Gasteiger partial charge < -0.3 is 19.3 Å². The Kier molecular flexibility index (Phi) is 8.78. The number of halogens is 2. The Labute approximate surface area is 265 Å². The van der Waals surface area contributed by atoms with E-state index < -0.39 is 11.8 Å². The largest absolute Gasteiger partial charge is 0.478 e. The van der Waals surface area contributed by atoms with E-state index in [1.165, 1.54) is 18.2 Å². The standard InChI is InChI=1S/C36H34F2N4O4/c1-22-8-9-28(29(37)15-22)21-46-35-7-3-6-31(40-35)26-11-10-25(30(38)16-26)18-34-39-32-13-12-27(36(44)45)17-33(32)42(34)20-24-5-4-14-41(19-24)23(2)43/h3,6-13,15-17,24H,4-5,14,18-21H2,1-2H3,(H,44,45)/t24-/m0/s1. The Morgan fingerprint density at radius 2 is 1.78 bits per heavy atom. The monoisotopic (exact) mass is 624 g/mol. The molecule has 1 atom stereocenters. The molecule has 1 fully saturated rings. The average Bonchev–Trinajstić information content (AvgIpc) is 3.37. The summed E-state index contributed by atoms with van der Waals surface area (Å²) in [6, 6.07) is 19.8. The SMILES string of the molecule is CC(=O)N1CCC[C@H](Cn2c(Cc3ccc(-c4cccc(OCc5ccc(C)cc5F)n4)cc3F)nc3ccc(C(=O)O)cc32)C1. The molecule has 0 bridgehead atoms. The third-order valence-electron chi connectivity index (χ3n) is 8.48. The molecule has 1 saturated heterocycles. The molecule has 3 aromatic carbocycles. The van der Waals surface area contributed by atoms with Gasteiger partial charge in [0.15, 0.2) is 0 Å². The van der Waals surface area contributed by atoms with Crippen molar-refractivity contribution in [2.24, 2.45) is 5.92 Å². The number of aromatic nitrogens is 3. The van der Waals surface area contributed by atoms with Gasteiger partial charge in [-0.05, 0) is 73.2 Å². The highest BCUT2D eigenvalue weighted by Gasteiger charge is 2.24. The van der Waals surface area contributed by atoms with Crippen LogP contribution in [0.15, 0.2) is 72.8 Å². The van der Waals surface area contributed by atoms with Crippen LogP contribution < -0.4 is 4.74 Å². The molecule has 236 valence electrons. The third-order valence-corrected chi connectivity index (χ3v) is 8.48. The highest BCUT2D eigenvalue weighted by molar-refractivity contribution is 5.92. The van der Waals surface area contributed by atoms with Crippen molar-refractivity contribution in [1.82, 2.24) is 19.4 Å². The minimum absolute atomic E-state index is 0.0124. The zero-order chi connectivity index (χ0) is 32.4. The van der Waals surface area contributed by atoms with Crippen molar-refractivity contribution in [3.63, 3.8) is 0 Å². The van der Waals surface area contributed by atoms with Crippen molar-refractivity contribution in [1.29, 1.82) is 0 Å². The summed E-state index contributed by atoms with van der Waals surface area (Å²) in [6.45, 7) is 5.25. The minimum Gasteiger partial charge on any atom is -0.478 e. The molecule has 1 N–H and O–H groups in total. The number of imidazole rings is 1. The van der Waals surface area contributed by atoms with Crippen LogP contribution in [0.5, 0.6) is 5.88 Å². The van der Waals surface area contributed by atoms with Gasteiger partial charge in [0, 0.05) is 50.2 Å². The predicted octanol–water partition coefficient (Wildman–Crippen LogP) is 6.81. The molecule has 2 aromatic heterocycles. The molecular weight excluding hydrogens is 590 g/mol. The minimum atomic E-state index is -1.04. The van der Waals surface area contributed by atoms with Gasteiger partial charge in [0.25, 0.3) is 0 Å². The lowest BCUT2D eigenvalue weighted by Gasteiger charge is -2.32. The van der Waals surface area contributed by atoms with E-state index in [0.717, 1.165) is 24.9 Å². The Hall–Kier alpha value is -5.12. The highest BCUT2D eigenvalue weighted by atomic mass is 19.1. The molecule has 10 heteroatoms. The first-order valence-corrected chi connectivity index (χ1v) is 15.3. The molecule has 8 nitrogen and oxygen atoms in total. The van der Waals surface area contributed by atoms with E-state index in [1.54, 1.807) is 55.5 Å². The van der Waals surface area contributed by atoms with E-state index in [-0.39, 0.29) is 36.2 Å². The van der Waals surface area contributed by atoms with E-state index in [9.17, 15) is 19.1 Å². The Morgan fingerprint density at radius 3 is 2.54 bits per heavy atom. The lowest BCUT2D eigenvalue weighted by Crippen LogP contribution is -2.40. The van der Waals surface area contributed by atoms with Crippen LogP contribution in [-0.2, 0) is 24.4 Å². The van der Waals surface area contributed by atoms with Crippen LogP contribution in [0.4, 0.5) is 8.78 Å². The molecule has 0 saturated carbocycles. The summed E-state index contributed by atoms with van der Waals surface area (Å²) < 4.78 is 37.6. The fraction of sp³-hybridized carbons (Fsp3) is 0.278. The zero-order valence-electron chi connectivity index (χ0n) is 25.7. The summed E-state index contributed by atoms with van der Waals surface area (Å²) in [5.41, 5.74) is 4.16. The van der Waals surface area contributed by atoms with Crippen LogP contribution >= 0.6 is 0 Å². The zero-order valence-corrected chi connectivity index (χ0v) is 25.7. The number of carboxylic acid groups (broad SMARTS) is 1. The van der Waals surface area contributed by atoms with Crippen LogP contribution in [-0.4, -0.2) is 49.5 Å². The second-order valence-electron chi connectivity index (χ2n) is 11.8. The number of rotatable bonds is 9. The molecule has 6 rings (SSSR count). The summed E-state index contributed by atoms with van der Waals surface area (Å²) in [6.07, 6.45) is 1.98. The summed E-state index contributed by atoms with van der Waals surface area (Å²) in [7, 11) is 0. The van der Waals surface area contributed by atoms with Crippen molar-refractivity contribution >= 4 is 22.9 Å². The Bertz CT molecular complexity index is 1940. The normalized spacial score (nSPS) is 14.9.